The molecule has 2 aromatic rings. The summed E-state index contributed by atoms with van der Waals surface area (Å²) < 4.78 is 27.7. The van der Waals surface area contributed by atoms with Crippen molar-refractivity contribution < 1.29 is 18.0 Å². The minimum absolute atomic E-state index is 0.0746. The molecule has 1 fully saturated rings. The summed E-state index contributed by atoms with van der Waals surface area (Å²) in [5.41, 5.74) is 2.58. The second kappa shape index (κ2) is 11.0. The number of benzene rings is 2. The summed E-state index contributed by atoms with van der Waals surface area (Å²) in [6.45, 7) is 5.17. The van der Waals surface area contributed by atoms with E-state index >= 15 is 0 Å². The predicted molar refractivity (Wildman–Crippen MR) is 135 cm³/mol. The van der Waals surface area contributed by atoms with Gasteiger partial charge in [-0.25, -0.2) is 8.42 Å². The van der Waals surface area contributed by atoms with E-state index in [1.54, 1.807) is 12.1 Å². The first-order valence-electron chi connectivity index (χ1n) is 11.8. The molecule has 0 aromatic heterocycles. The molecule has 2 amide bonds. The van der Waals surface area contributed by atoms with Crippen LogP contribution in [0.1, 0.15) is 24.0 Å². The number of anilines is 1. The number of carbonyl (C=O) groups excluding carboxylic acids is 2. The van der Waals surface area contributed by atoms with Gasteiger partial charge in [0.2, 0.25) is 11.8 Å². The number of nitrogens with one attached hydrogen (secondary N) is 2. The first-order chi connectivity index (χ1) is 16.8. The number of carbonyl (C=O) groups is 2. The van der Waals surface area contributed by atoms with Crippen LogP contribution in [0.4, 0.5) is 5.69 Å². The summed E-state index contributed by atoms with van der Waals surface area (Å²) in [6.07, 6.45) is 1.83. The van der Waals surface area contributed by atoms with Gasteiger partial charge in [-0.05, 0) is 37.1 Å². The van der Waals surface area contributed by atoms with Gasteiger partial charge in [0, 0.05) is 44.8 Å². The molecule has 35 heavy (non-hydrogen) atoms. The fourth-order valence-corrected chi connectivity index (χ4v) is 5.26. The summed E-state index contributed by atoms with van der Waals surface area (Å²) in [4.78, 5) is 33.3. The van der Waals surface area contributed by atoms with Crippen LogP contribution in [0.15, 0.2) is 58.4 Å². The maximum Gasteiger partial charge on any atom is 0.262 e. The van der Waals surface area contributed by atoms with Gasteiger partial charge in [-0.15, -0.1) is 0 Å². The zero-order valence-corrected chi connectivity index (χ0v) is 20.7. The van der Waals surface area contributed by atoms with Crippen molar-refractivity contribution in [3.8, 4) is 0 Å². The Kier molecular flexibility index (Phi) is 7.82. The standard InChI is InChI=1S/C25H31N5O4S/c1-19-7-9-20(10-8-19)16-25(32)30-14-12-29(13-15-30)18-24(31)27-21-4-2-5-22(17-21)35(33,34)28-23-6-3-11-26-23/h2,4-5,7-10,17H,3,6,11-16,18H2,1H3,(H,26,28)(H,27,31). The maximum atomic E-state index is 12.6. The van der Waals surface area contributed by atoms with Gasteiger partial charge in [0.1, 0.15) is 5.84 Å². The topological polar surface area (TPSA) is 111 Å². The van der Waals surface area contributed by atoms with Crippen molar-refractivity contribution in [3.63, 3.8) is 0 Å². The molecule has 10 heteroatoms. The Hall–Kier alpha value is -3.24. The van der Waals surface area contributed by atoms with E-state index in [1.165, 1.54) is 12.1 Å². The van der Waals surface area contributed by atoms with E-state index in [9.17, 15) is 18.0 Å². The fraction of sp³-hybridized carbons (Fsp3) is 0.400. The first-order valence-corrected chi connectivity index (χ1v) is 13.3. The third kappa shape index (κ3) is 6.89. The normalized spacial score (nSPS) is 16.6. The van der Waals surface area contributed by atoms with Crippen molar-refractivity contribution in [2.45, 2.75) is 31.1 Å². The van der Waals surface area contributed by atoms with Crippen LogP contribution in [-0.4, -0.2) is 75.1 Å². The van der Waals surface area contributed by atoms with Crippen molar-refractivity contribution in [2.24, 2.45) is 4.99 Å². The summed E-state index contributed by atoms with van der Waals surface area (Å²) in [5.74, 6) is 0.330. The van der Waals surface area contributed by atoms with Gasteiger partial charge < -0.3 is 10.2 Å². The Morgan fingerprint density at radius 1 is 1.03 bits per heavy atom. The Morgan fingerprint density at radius 3 is 2.46 bits per heavy atom. The molecule has 0 bridgehead atoms. The largest absolute Gasteiger partial charge is 0.340 e. The predicted octanol–water partition coefficient (Wildman–Crippen LogP) is 1.79. The van der Waals surface area contributed by atoms with E-state index in [0.717, 1.165) is 17.5 Å². The number of aliphatic imine (C=N–C) groups is 1. The molecule has 0 unspecified atom stereocenters. The Morgan fingerprint density at radius 2 is 1.77 bits per heavy atom. The lowest BCUT2D eigenvalue weighted by molar-refractivity contribution is -0.132. The Bertz CT molecular complexity index is 1200. The van der Waals surface area contributed by atoms with E-state index in [4.69, 9.17) is 0 Å². The van der Waals surface area contributed by atoms with E-state index in [-0.39, 0.29) is 23.3 Å². The first kappa shape index (κ1) is 24.9. The van der Waals surface area contributed by atoms with Crippen LogP contribution in [0.3, 0.4) is 0 Å². The number of piperazine rings is 1. The van der Waals surface area contributed by atoms with Gasteiger partial charge >= 0.3 is 0 Å². The van der Waals surface area contributed by atoms with Crippen LogP contribution in [0.5, 0.6) is 0 Å². The Balaban J connectivity index is 1.25. The molecular weight excluding hydrogens is 466 g/mol. The van der Waals surface area contributed by atoms with E-state index in [2.05, 4.69) is 15.0 Å². The van der Waals surface area contributed by atoms with E-state index in [0.29, 0.717) is 57.1 Å². The summed E-state index contributed by atoms with van der Waals surface area (Å²) in [5, 5.41) is 2.78. The molecule has 1 saturated heterocycles. The second-order valence-corrected chi connectivity index (χ2v) is 10.6. The molecule has 2 aliphatic heterocycles. The summed E-state index contributed by atoms with van der Waals surface area (Å²) in [6, 6.07) is 14.2. The van der Waals surface area contributed by atoms with Crippen LogP contribution in [0.25, 0.3) is 0 Å². The lowest BCUT2D eigenvalue weighted by Gasteiger charge is -2.34. The smallest absolute Gasteiger partial charge is 0.262 e. The van der Waals surface area contributed by atoms with E-state index < -0.39 is 10.0 Å². The van der Waals surface area contributed by atoms with Gasteiger partial charge in [0.15, 0.2) is 0 Å². The molecule has 186 valence electrons. The van der Waals surface area contributed by atoms with Crippen molar-refractivity contribution in [2.75, 3.05) is 44.6 Å². The van der Waals surface area contributed by atoms with Gasteiger partial charge in [-0.1, -0.05) is 35.9 Å². The number of aryl methyl sites for hydroxylation is 1. The molecule has 2 aromatic carbocycles. The van der Waals surface area contributed by atoms with Crippen LogP contribution in [-0.2, 0) is 26.0 Å². The third-order valence-electron chi connectivity index (χ3n) is 6.12. The second-order valence-electron chi connectivity index (χ2n) is 8.93. The minimum Gasteiger partial charge on any atom is -0.340 e. The molecule has 9 nitrogen and oxygen atoms in total. The molecule has 2 aliphatic rings. The number of hydrogen-bond acceptors (Lipinski definition) is 6. The fourth-order valence-electron chi connectivity index (χ4n) is 4.13. The van der Waals surface area contributed by atoms with Gasteiger partial charge in [0.25, 0.3) is 10.0 Å². The molecule has 0 aliphatic carbocycles. The number of amides is 2. The van der Waals surface area contributed by atoms with Crippen molar-refractivity contribution in [1.82, 2.24) is 14.5 Å². The summed E-state index contributed by atoms with van der Waals surface area (Å²) in [7, 11) is -3.75. The van der Waals surface area contributed by atoms with Gasteiger partial charge in [0.05, 0.1) is 17.9 Å². The number of amidine groups is 1. The third-order valence-corrected chi connectivity index (χ3v) is 7.50. The molecule has 0 spiro atoms. The maximum absolute atomic E-state index is 12.6. The molecule has 4 rings (SSSR count). The van der Waals surface area contributed by atoms with Crippen molar-refractivity contribution >= 4 is 33.4 Å². The monoisotopic (exact) mass is 497 g/mol. The highest BCUT2D eigenvalue weighted by molar-refractivity contribution is 7.90. The molecule has 0 saturated carbocycles. The number of rotatable bonds is 7. The number of nitrogens with zero attached hydrogens (tertiary/aromatic N) is 3. The highest BCUT2D eigenvalue weighted by Gasteiger charge is 2.23. The lowest BCUT2D eigenvalue weighted by Crippen LogP contribution is -2.50. The molecule has 0 radical (unpaired) electrons. The van der Waals surface area contributed by atoms with Gasteiger partial charge in [-0.3, -0.25) is 24.2 Å². The van der Waals surface area contributed by atoms with Gasteiger partial charge in [-0.2, -0.15) is 0 Å². The zero-order chi connectivity index (χ0) is 24.8. The lowest BCUT2D eigenvalue weighted by atomic mass is 10.1. The number of sulfonamides is 1. The van der Waals surface area contributed by atoms with Crippen molar-refractivity contribution in [3.05, 3.63) is 59.7 Å². The molecule has 2 N–H and O–H groups in total. The molecule has 0 atom stereocenters. The highest BCUT2D eigenvalue weighted by Crippen LogP contribution is 2.17. The minimum atomic E-state index is -3.75. The Labute approximate surface area is 206 Å². The van der Waals surface area contributed by atoms with Crippen LogP contribution >= 0.6 is 0 Å². The van der Waals surface area contributed by atoms with Crippen molar-refractivity contribution in [1.29, 1.82) is 0 Å². The van der Waals surface area contributed by atoms with E-state index in [1.807, 2.05) is 41.0 Å². The molecule has 2 heterocycles. The quantitative estimate of drug-likeness (QED) is 0.606. The zero-order valence-electron chi connectivity index (χ0n) is 19.9. The van der Waals surface area contributed by atoms with Crippen LogP contribution in [0, 0.1) is 6.92 Å². The average Bonchev–Trinajstić information content (AvgIpc) is 3.33. The van der Waals surface area contributed by atoms with Crippen LogP contribution in [0.2, 0.25) is 0 Å². The van der Waals surface area contributed by atoms with Crippen LogP contribution < -0.4 is 10.0 Å². The highest BCUT2D eigenvalue weighted by atomic mass is 32.2. The average molecular weight is 498 g/mol. The summed E-state index contributed by atoms with van der Waals surface area (Å²) >= 11 is 0. The SMILES string of the molecule is Cc1ccc(CC(=O)N2CCN(CC(=O)Nc3cccc(S(=O)(=O)NC4=NCCC4)c3)CC2)cc1. The number of hydrogen-bond donors (Lipinski definition) is 2. The molecular formula is C25H31N5O4S.